The molecule has 0 aliphatic heterocycles. The number of amides is 2. The van der Waals surface area contributed by atoms with Crippen LogP contribution in [0.15, 0.2) is 48.5 Å². The van der Waals surface area contributed by atoms with Gasteiger partial charge >= 0.3 is 0 Å². The molecule has 0 atom stereocenters. The van der Waals surface area contributed by atoms with Crippen molar-refractivity contribution >= 4 is 28.9 Å². The van der Waals surface area contributed by atoms with Crippen LogP contribution in [0.2, 0.25) is 0 Å². The standard InChI is InChI=1S/C23H31N3O3/c1-4-5-6-13-22(27)25-19-10-7-11-20(14-19)26-23(28)16-24-18-9-8-12-21(15-18)29-17(2)3/h7-12,14-15,17,24H,4-6,13,16H2,1-3H3,(H,25,27)(H,26,28). The molecule has 29 heavy (non-hydrogen) atoms. The fraction of sp³-hybridized carbons (Fsp3) is 0.391. The first kappa shape index (κ1) is 22.3. The molecule has 0 bridgehead atoms. The van der Waals surface area contributed by atoms with Gasteiger partial charge in [-0.1, -0.05) is 31.9 Å². The highest BCUT2D eigenvalue weighted by Crippen LogP contribution is 2.19. The topological polar surface area (TPSA) is 79.5 Å². The number of rotatable bonds is 11. The zero-order chi connectivity index (χ0) is 21.1. The Morgan fingerprint density at radius 2 is 1.55 bits per heavy atom. The predicted octanol–water partition coefficient (Wildman–Crippen LogP) is 5.04. The lowest BCUT2D eigenvalue weighted by Crippen LogP contribution is -2.22. The molecule has 156 valence electrons. The first-order valence-corrected chi connectivity index (χ1v) is 10.2. The summed E-state index contributed by atoms with van der Waals surface area (Å²) in [6, 6.07) is 14.7. The summed E-state index contributed by atoms with van der Waals surface area (Å²) in [5.41, 5.74) is 2.13. The van der Waals surface area contributed by atoms with Crippen molar-refractivity contribution in [2.45, 2.75) is 52.6 Å². The smallest absolute Gasteiger partial charge is 0.243 e. The molecule has 0 spiro atoms. The number of hydrogen-bond donors (Lipinski definition) is 3. The van der Waals surface area contributed by atoms with Gasteiger partial charge in [-0.15, -0.1) is 0 Å². The number of unbranched alkanes of at least 4 members (excludes halogenated alkanes) is 2. The Morgan fingerprint density at radius 3 is 2.24 bits per heavy atom. The SMILES string of the molecule is CCCCCC(=O)Nc1cccc(NC(=O)CNc2cccc(OC(C)C)c2)c1. The Morgan fingerprint density at radius 1 is 0.897 bits per heavy atom. The number of carbonyl (C=O) groups is 2. The normalized spacial score (nSPS) is 10.5. The third kappa shape index (κ3) is 8.68. The zero-order valence-corrected chi connectivity index (χ0v) is 17.5. The number of benzene rings is 2. The first-order chi connectivity index (χ1) is 14.0. The molecule has 0 heterocycles. The van der Waals surface area contributed by atoms with Gasteiger partial charge in [-0.25, -0.2) is 0 Å². The van der Waals surface area contributed by atoms with Crippen molar-refractivity contribution in [2.75, 3.05) is 22.5 Å². The Hall–Kier alpha value is -3.02. The van der Waals surface area contributed by atoms with Crippen LogP contribution in [0.25, 0.3) is 0 Å². The van der Waals surface area contributed by atoms with Crippen molar-refractivity contribution in [1.82, 2.24) is 0 Å². The van der Waals surface area contributed by atoms with Gasteiger partial charge in [-0.3, -0.25) is 9.59 Å². The van der Waals surface area contributed by atoms with Crippen molar-refractivity contribution in [3.05, 3.63) is 48.5 Å². The van der Waals surface area contributed by atoms with Crippen LogP contribution < -0.4 is 20.7 Å². The molecule has 6 nitrogen and oxygen atoms in total. The minimum Gasteiger partial charge on any atom is -0.491 e. The summed E-state index contributed by atoms with van der Waals surface area (Å²) < 4.78 is 5.66. The third-order valence-electron chi connectivity index (χ3n) is 4.10. The van der Waals surface area contributed by atoms with E-state index < -0.39 is 0 Å². The van der Waals surface area contributed by atoms with E-state index in [1.807, 2.05) is 44.2 Å². The van der Waals surface area contributed by atoms with E-state index in [2.05, 4.69) is 22.9 Å². The zero-order valence-electron chi connectivity index (χ0n) is 17.5. The molecule has 2 aromatic carbocycles. The maximum atomic E-state index is 12.3. The summed E-state index contributed by atoms with van der Waals surface area (Å²) in [6.45, 7) is 6.17. The van der Waals surface area contributed by atoms with Crippen LogP contribution >= 0.6 is 0 Å². The van der Waals surface area contributed by atoms with Crippen molar-refractivity contribution in [3.8, 4) is 5.75 Å². The molecule has 0 unspecified atom stereocenters. The molecular formula is C23H31N3O3. The summed E-state index contributed by atoms with van der Waals surface area (Å²) in [5.74, 6) is 0.575. The summed E-state index contributed by atoms with van der Waals surface area (Å²) in [5, 5.41) is 8.81. The number of nitrogens with one attached hydrogen (secondary N) is 3. The van der Waals surface area contributed by atoms with E-state index >= 15 is 0 Å². The molecule has 0 saturated heterocycles. The minimum atomic E-state index is -0.174. The molecule has 0 aliphatic rings. The van der Waals surface area contributed by atoms with E-state index in [0.29, 0.717) is 17.8 Å². The van der Waals surface area contributed by atoms with Gasteiger partial charge in [0.2, 0.25) is 11.8 Å². The van der Waals surface area contributed by atoms with Gasteiger partial charge in [0.15, 0.2) is 0 Å². The highest BCUT2D eigenvalue weighted by molar-refractivity contribution is 5.95. The molecular weight excluding hydrogens is 366 g/mol. The van der Waals surface area contributed by atoms with E-state index in [1.54, 1.807) is 18.2 Å². The predicted molar refractivity (Wildman–Crippen MR) is 119 cm³/mol. The quantitative estimate of drug-likeness (QED) is 0.464. The van der Waals surface area contributed by atoms with Gasteiger partial charge in [0, 0.05) is 29.5 Å². The average molecular weight is 398 g/mol. The lowest BCUT2D eigenvalue weighted by molar-refractivity contribution is -0.116. The van der Waals surface area contributed by atoms with E-state index in [0.717, 1.165) is 30.7 Å². The van der Waals surface area contributed by atoms with Gasteiger partial charge in [-0.05, 0) is 50.6 Å². The largest absolute Gasteiger partial charge is 0.491 e. The molecule has 0 aromatic heterocycles. The number of anilines is 3. The van der Waals surface area contributed by atoms with Gasteiger partial charge in [0.05, 0.1) is 12.6 Å². The summed E-state index contributed by atoms with van der Waals surface area (Å²) in [6.07, 6.45) is 3.61. The second-order valence-corrected chi connectivity index (χ2v) is 7.18. The molecule has 2 aromatic rings. The molecule has 2 amide bonds. The van der Waals surface area contributed by atoms with Crippen LogP contribution in [0, 0.1) is 0 Å². The fourth-order valence-corrected chi connectivity index (χ4v) is 2.77. The highest BCUT2D eigenvalue weighted by atomic mass is 16.5. The maximum Gasteiger partial charge on any atom is 0.243 e. The Labute approximate surface area is 173 Å². The van der Waals surface area contributed by atoms with Crippen LogP contribution in [-0.2, 0) is 9.59 Å². The summed E-state index contributed by atoms with van der Waals surface area (Å²) in [7, 11) is 0. The van der Waals surface area contributed by atoms with Crippen LogP contribution in [0.4, 0.5) is 17.1 Å². The van der Waals surface area contributed by atoms with Crippen molar-refractivity contribution < 1.29 is 14.3 Å². The Kier molecular flexibility index (Phi) is 9.02. The lowest BCUT2D eigenvalue weighted by Gasteiger charge is -2.12. The van der Waals surface area contributed by atoms with E-state index in [4.69, 9.17) is 4.74 Å². The van der Waals surface area contributed by atoms with Crippen molar-refractivity contribution in [2.24, 2.45) is 0 Å². The monoisotopic (exact) mass is 397 g/mol. The van der Waals surface area contributed by atoms with Crippen LogP contribution in [-0.4, -0.2) is 24.5 Å². The molecule has 3 N–H and O–H groups in total. The summed E-state index contributed by atoms with van der Waals surface area (Å²) in [4.78, 5) is 24.2. The second-order valence-electron chi connectivity index (χ2n) is 7.18. The minimum absolute atomic E-state index is 0.00732. The molecule has 0 radical (unpaired) electrons. The van der Waals surface area contributed by atoms with Gasteiger partial charge < -0.3 is 20.7 Å². The molecule has 0 fully saturated rings. The molecule has 0 aliphatic carbocycles. The highest BCUT2D eigenvalue weighted by Gasteiger charge is 2.06. The van der Waals surface area contributed by atoms with Crippen molar-refractivity contribution in [3.63, 3.8) is 0 Å². The van der Waals surface area contributed by atoms with E-state index in [1.165, 1.54) is 0 Å². The van der Waals surface area contributed by atoms with E-state index in [9.17, 15) is 9.59 Å². The van der Waals surface area contributed by atoms with Crippen LogP contribution in [0.1, 0.15) is 46.5 Å². The number of carbonyl (C=O) groups excluding carboxylic acids is 2. The van der Waals surface area contributed by atoms with Gasteiger partial charge in [0.1, 0.15) is 5.75 Å². The molecule has 0 saturated carbocycles. The number of hydrogen-bond acceptors (Lipinski definition) is 4. The Balaban J connectivity index is 1.84. The first-order valence-electron chi connectivity index (χ1n) is 10.2. The number of ether oxygens (including phenoxy) is 1. The van der Waals surface area contributed by atoms with Gasteiger partial charge in [0.25, 0.3) is 0 Å². The van der Waals surface area contributed by atoms with Gasteiger partial charge in [-0.2, -0.15) is 0 Å². The molecule has 6 heteroatoms. The second kappa shape index (κ2) is 11.7. The maximum absolute atomic E-state index is 12.3. The third-order valence-corrected chi connectivity index (χ3v) is 4.10. The summed E-state index contributed by atoms with van der Waals surface area (Å²) >= 11 is 0. The van der Waals surface area contributed by atoms with Crippen LogP contribution in [0.5, 0.6) is 5.75 Å². The fourth-order valence-electron chi connectivity index (χ4n) is 2.77. The molecule has 2 rings (SSSR count). The van der Waals surface area contributed by atoms with Crippen LogP contribution in [0.3, 0.4) is 0 Å². The van der Waals surface area contributed by atoms with E-state index in [-0.39, 0.29) is 24.5 Å². The lowest BCUT2D eigenvalue weighted by atomic mass is 10.2. The van der Waals surface area contributed by atoms with Crippen molar-refractivity contribution in [1.29, 1.82) is 0 Å². The Bertz CT molecular complexity index is 805. The average Bonchev–Trinajstić information content (AvgIpc) is 2.67.